The standard InChI is InChI=1S/C19H34N2O5S/c1-13(2)11-15(23)27-10-9-20-14(22)7-8-21-17(24)16-18(3,4)12-25-19(5,6)26-16/h11,16,23,27H,7-10,12H2,1-6H3,(H,20,22)(H,21,24)/t16-/m0/s1. The van der Waals surface area contributed by atoms with Crippen LogP contribution in [-0.4, -0.2) is 59.3 Å². The highest BCUT2D eigenvalue weighted by molar-refractivity contribution is 7.98. The van der Waals surface area contributed by atoms with Gasteiger partial charge < -0.3 is 25.2 Å². The fraction of sp³-hybridized carbons (Fsp3) is 0.737. The molecule has 0 aromatic heterocycles. The highest BCUT2D eigenvalue weighted by Gasteiger charge is 2.45. The minimum Gasteiger partial charge on any atom is -0.356 e. The van der Waals surface area contributed by atoms with Crippen molar-refractivity contribution in [3.63, 3.8) is 0 Å². The van der Waals surface area contributed by atoms with Gasteiger partial charge in [-0.2, -0.15) is 11.4 Å². The zero-order valence-corrected chi connectivity index (χ0v) is 18.1. The third kappa shape index (κ3) is 9.01. The predicted octanol–water partition coefficient (Wildman–Crippen LogP) is 1.91. The number of aliphatic hydroxyl groups excluding tert-OH is 1. The maximum Gasteiger partial charge on any atom is 0.249 e. The van der Waals surface area contributed by atoms with Gasteiger partial charge in [-0.25, -0.2) is 0 Å². The summed E-state index contributed by atoms with van der Waals surface area (Å²) in [5.74, 6) is -0.543. The summed E-state index contributed by atoms with van der Waals surface area (Å²) in [6, 6.07) is 0. The van der Waals surface area contributed by atoms with Crippen LogP contribution >= 0.6 is 11.4 Å². The minimum absolute atomic E-state index is 0.139. The van der Waals surface area contributed by atoms with Gasteiger partial charge in [0.25, 0.3) is 0 Å². The molecule has 1 atom stereocenters. The molecular formula is C19H34N2O5S. The predicted molar refractivity (Wildman–Crippen MR) is 110 cm³/mol. The van der Waals surface area contributed by atoms with Crippen LogP contribution in [0.1, 0.15) is 48.0 Å². The monoisotopic (exact) mass is 402 g/mol. The lowest BCUT2D eigenvalue weighted by Crippen LogP contribution is -2.56. The summed E-state index contributed by atoms with van der Waals surface area (Å²) < 4.78 is 11.4. The molecule has 1 heterocycles. The lowest BCUT2D eigenvalue weighted by atomic mass is 9.85. The molecule has 27 heavy (non-hydrogen) atoms. The first-order valence-electron chi connectivity index (χ1n) is 9.17. The molecule has 0 aliphatic carbocycles. The third-order valence-electron chi connectivity index (χ3n) is 3.92. The molecule has 0 radical (unpaired) electrons. The average Bonchev–Trinajstić information content (AvgIpc) is 2.53. The zero-order valence-electron chi connectivity index (χ0n) is 17.2. The number of hydrogen-bond acceptors (Lipinski definition) is 4. The number of thiol groups is 1. The molecule has 0 aromatic carbocycles. The summed E-state index contributed by atoms with van der Waals surface area (Å²) in [5.41, 5.74) is 0.588. The Bertz CT molecular complexity index is 595. The second kappa shape index (κ2) is 10.4. The Balaban J connectivity index is 2.32. The molecule has 0 saturated carbocycles. The smallest absolute Gasteiger partial charge is 0.249 e. The van der Waals surface area contributed by atoms with Crippen LogP contribution in [0.3, 0.4) is 0 Å². The molecule has 0 unspecified atom stereocenters. The molecule has 1 aliphatic heterocycles. The summed E-state index contributed by atoms with van der Waals surface area (Å²) in [7, 11) is 0. The molecule has 8 heteroatoms. The van der Waals surface area contributed by atoms with Crippen LogP contribution in [-0.2, 0) is 19.1 Å². The topological polar surface area (TPSA) is 96.9 Å². The van der Waals surface area contributed by atoms with Crippen molar-refractivity contribution >= 4 is 28.2 Å². The van der Waals surface area contributed by atoms with Gasteiger partial charge in [0.1, 0.15) is 6.10 Å². The van der Waals surface area contributed by atoms with Crippen LogP contribution in [0.25, 0.3) is 0 Å². The quantitative estimate of drug-likeness (QED) is 0.215. The second-order valence-corrected chi connectivity index (χ2v) is 9.25. The molecule has 1 fully saturated rings. The van der Waals surface area contributed by atoms with Gasteiger partial charge in [0.15, 0.2) is 5.79 Å². The Morgan fingerprint density at radius 1 is 1.19 bits per heavy atom. The van der Waals surface area contributed by atoms with Crippen molar-refractivity contribution in [2.24, 2.45) is 5.41 Å². The van der Waals surface area contributed by atoms with Crippen LogP contribution in [0.2, 0.25) is 0 Å². The molecule has 7 nitrogen and oxygen atoms in total. The Hall–Kier alpha value is -1.22. The molecule has 0 aromatic rings. The Morgan fingerprint density at radius 3 is 2.48 bits per heavy atom. The Morgan fingerprint density at radius 2 is 1.85 bits per heavy atom. The molecular weight excluding hydrogens is 368 g/mol. The number of rotatable bonds is 8. The van der Waals surface area contributed by atoms with Crippen molar-refractivity contribution < 1.29 is 24.2 Å². The molecule has 156 valence electrons. The first kappa shape index (κ1) is 23.8. The first-order valence-corrected chi connectivity index (χ1v) is 10.3. The van der Waals surface area contributed by atoms with E-state index in [1.807, 2.05) is 27.7 Å². The van der Waals surface area contributed by atoms with Gasteiger partial charge in [0, 0.05) is 30.7 Å². The van der Waals surface area contributed by atoms with Crippen LogP contribution in [0.4, 0.5) is 0 Å². The highest BCUT2D eigenvalue weighted by Crippen LogP contribution is 2.34. The summed E-state index contributed by atoms with van der Waals surface area (Å²) in [6.45, 7) is 12.4. The van der Waals surface area contributed by atoms with E-state index in [0.717, 1.165) is 16.9 Å². The number of aliphatic hydroxyl groups is 1. The van der Waals surface area contributed by atoms with Gasteiger partial charge in [-0.1, -0.05) is 19.4 Å². The zero-order chi connectivity index (χ0) is 20.7. The third-order valence-corrected chi connectivity index (χ3v) is 4.82. The van der Waals surface area contributed by atoms with E-state index in [1.165, 1.54) is 0 Å². The minimum atomic E-state index is -0.803. The first-order chi connectivity index (χ1) is 12.4. The SMILES string of the molecule is CC(C)=CC(O)=[SH]CCNC(=O)CCNC(=O)[C@@H]1OC(C)(C)OCC1(C)C. The maximum absolute atomic E-state index is 12.4. The van der Waals surface area contributed by atoms with Crippen molar-refractivity contribution in [1.82, 2.24) is 10.6 Å². The van der Waals surface area contributed by atoms with Gasteiger partial charge in [-0.15, -0.1) is 0 Å². The average molecular weight is 403 g/mol. The number of carbonyl (C=O) groups is 2. The van der Waals surface area contributed by atoms with E-state index in [4.69, 9.17) is 9.47 Å². The molecule has 2 amide bonds. The number of ether oxygens (including phenoxy) is 2. The van der Waals surface area contributed by atoms with Gasteiger partial charge in [0.2, 0.25) is 11.8 Å². The van der Waals surface area contributed by atoms with E-state index >= 15 is 0 Å². The van der Waals surface area contributed by atoms with Crippen LogP contribution in [0.5, 0.6) is 0 Å². The van der Waals surface area contributed by atoms with Crippen molar-refractivity contribution in [3.05, 3.63) is 11.6 Å². The van der Waals surface area contributed by atoms with Crippen LogP contribution < -0.4 is 10.6 Å². The van der Waals surface area contributed by atoms with Crippen molar-refractivity contribution in [1.29, 1.82) is 0 Å². The lowest BCUT2D eigenvalue weighted by molar-refractivity contribution is -0.304. The van der Waals surface area contributed by atoms with Gasteiger partial charge in [-0.05, 0) is 33.8 Å². The largest absolute Gasteiger partial charge is 0.356 e. The Labute approximate surface area is 165 Å². The fourth-order valence-electron chi connectivity index (χ4n) is 2.47. The van der Waals surface area contributed by atoms with Crippen molar-refractivity contribution in [2.45, 2.75) is 59.9 Å². The summed E-state index contributed by atoms with van der Waals surface area (Å²) in [6.07, 6.45) is 1.27. The van der Waals surface area contributed by atoms with E-state index in [1.54, 1.807) is 19.9 Å². The van der Waals surface area contributed by atoms with E-state index in [9.17, 15) is 14.7 Å². The van der Waals surface area contributed by atoms with Gasteiger partial charge in [0.05, 0.1) is 11.7 Å². The molecule has 1 rings (SSSR count). The number of hydrogen-bond donors (Lipinski definition) is 4. The Kier molecular flexibility index (Phi) is 9.14. The molecule has 1 aliphatic rings. The summed E-state index contributed by atoms with van der Waals surface area (Å²) in [4.78, 5) is 24.3. The van der Waals surface area contributed by atoms with E-state index < -0.39 is 17.3 Å². The molecule has 0 bridgehead atoms. The summed E-state index contributed by atoms with van der Waals surface area (Å²) >= 11 is 0.774. The number of amides is 2. The lowest BCUT2D eigenvalue weighted by Gasteiger charge is -2.44. The summed E-state index contributed by atoms with van der Waals surface area (Å²) in [5, 5.41) is 15.5. The number of nitrogens with one attached hydrogen (secondary N) is 2. The van der Waals surface area contributed by atoms with Crippen LogP contribution in [0, 0.1) is 5.41 Å². The van der Waals surface area contributed by atoms with E-state index in [0.29, 0.717) is 24.0 Å². The second-order valence-electron chi connectivity index (χ2n) is 8.03. The van der Waals surface area contributed by atoms with Crippen molar-refractivity contribution in [2.75, 3.05) is 25.4 Å². The molecule has 3 N–H and O–H groups in total. The van der Waals surface area contributed by atoms with E-state index in [2.05, 4.69) is 10.6 Å². The van der Waals surface area contributed by atoms with Crippen LogP contribution in [0.15, 0.2) is 11.6 Å². The maximum atomic E-state index is 12.4. The molecule has 0 spiro atoms. The van der Waals surface area contributed by atoms with Crippen molar-refractivity contribution in [3.8, 4) is 0 Å². The normalized spacial score (nSPS) is 21.6. The van der Waals surface area contributed by atoms with E-state index in [-0.39, 0.29) is 24.8 Å². The van der Waals surface area contributed by atoms with Gasteiger partial charge >= 0.3 is 0 Å². The highest BCUT2D eigenvalue weighted by atomic mass is 32.1. The van der Waals surface area contributed by atoms with Gasteiger partial charge in [-0.3, -0.25) is 9.59 Å². The number of carbonyl (C=O) groups excluding carboxylic acids is 2. The molecule has 1 saturated heterocycles. The fourth-order valence-corrected chi connectivity index (χ4v) is 3.27. The number of allylic oxidation sites excluding steroid dienone is 1.